The first-order valence-corrected chi connectivity index (χ1v) is 6.12. The van der Waals surface area contributed by atoms with Gasteiger partial charge < -0.3 is 10.6 Å². The molecule has 0 bridgehead atoms. The molecule has 94 valence electrons. The molecule has 0 aliphatic heterocycles. The third-order valence-electron chi connectivity index (χ3n) is 2.23. The van der Waals surface area contributed by atoms with Gasteiger partial charge >= 0.3 is 11.8 Å². The molecule has 0 fully saturated rings. The van der Waals surface area contributed by atoms with Crippen molar-refractivity contribution in [3.05, 3.63) is 28.2 Å². The molecule has 6 heteroatoms. The molecule has 1 aromatic rings. The summed E-state index contributed by atoms with van der Waals surface area (Å²) in [5, 5.41) is 13.0. The van der Waals surface area contributed by atoms with E-state index < -0.39 is 11.8 Å². The molecule has 0 aliphatic rings. The molecule has 0 aliphatic carbocycles. The highest BCUT2D eigenvalue weighted by atomic mass is 79.9. The third-order valence-corrected chi connectivity index (χ3v) is 2.72. The van der Waals surface area contributed by atoms with Gasteiger partial charge in [-0.15, -0.1) is 0 Å². The standard InChI is InChI=1S/C12H12BrN3O2/c1-2-8-7-9(13)3-4-10(8)16-12(18)11(17)15-6-5-14/h3-4,7H,2,6H2,1H3,(H,15,17)(H,16,18). The van der Waals surface area contributed by atoms with E-state index in [2.05, 4.69) is 26.6 Å². The second kappa shape index (κ2) is 6.77. The summed E-state index contributed by atoms with van der Waals surface area (Å²) in [6.45, 7) is 1.76. The lowest BCUT2D eigenvalue weighted by molar-refractivity contribution is -0.136. The number of anilines is 1. The molecule has 0 aromatic heterocycles. The lowest BCUT2D eigenvalue weighted by atomic mass is 10.1. The Morgan fingerprint density at radius 3 is 2.72 bits per heavy atom. The molecule has 5 nitrogen and oxygen atoms in total. The average Bonchev–Trinajstić information content (AvgIpc) is 2.37. The first-order valence-electron chi connectivity index (χ1n) is 5.33. The zero-order valence-electron chi connectivity index (χ0n) is 9.79. The van der Waals surface area contributed by atoms with Gasteiger partial charge in [0.05, 0.1) is 6.07 Å². The number of halogens is 1. The van der Waals surface area contributed by atoms with Crippen molar-refractivity contribution in [2.45, 2.75) is 13.3 Å². The van der Waals surface area contributed by atoms with Crippen LogP contribution in [-0.4, -0.2) is 18.4 Å². The van der Waals surface area contributed by atoms with Crippen molar-refractivity contribution >= 4 is 33.4 Å². The normalized spacial score (nSPS) is 9.39. The van der Waals surface area contributed by atoms with E-state index in [1.807, 2.05) is 13.0 Å². The van der Waals surface area contributed by atoms with Crippen molar-refractivity contribution in [2.75, 3.05) is 11.9 Å². The fourth-order valence-corrected chi connectivity index (χ4v) is 1.76. The van der Waals surface area contributed by atoms with Gasteiger partial charge in [-0.25, -0.2) is 0 Å². The number of hydrogen-bond donors (Lipinski definition) is 2. The van der Waals surface area contributed by atoms with Crippen LogP contribution in [0, 0.1) is 11.3 Å². The molecule has 2 amide bonds. The molecule has 0 saturated carbocycles. The Kier molecular flexibility index (Phi) is 5.33. The summed E-state index contributed by atoms with van der Waals surface area (Å²) in [4.78, 5) is 22.8. The van der Waals surface area contributed by atoms with Gasteiger partial charge in [0.15, 0.2) is 0 Å². The number of nitrogens with zero attached hydrogens (tertiary/aromatic N) is 1. The summed E-state index contributed by atoms with van der Waals surface area (Å²) in [7, 11) is 0. The average molecular weight is 310 g/mol. The third kappa shape index (κ3) is 3.86. The van der Waals surface area contributed by atoms with E-state index in [1.54, 1.807) is 18.2 Å². The van der Waals surface area contributed by atoms with Crippen molar-refractivity contribution in [3.63, 3.8) is 0 Å². The Bertz CT molecular complexity index is 509. The highest BCUT2D eigenvalue weighted by molar-refractivity contribution is 9.10. The second-order valence-electron chi connectivity index (χ2n) is 3.45. The number of carbonyl (C=O) groups excluding carboxylic acids is 2. The van der Waals surface area contributed by atoms with E-state index in [0.717, 1.165) is 16.5 Å². The molecule has 0 spiro atoms. The van der Waals surface area contributed by atoms with E-state index in [0.29, 0.717) is 5.69 Å². The lowest BCUT2D eigenvalue weighted by Crippen LogP contribution is -2.35. The molecule has 1 rings (SSSR count). The Morgan fingerprint density at radius 2 is 2.11 bits per heavy atom. The van der Waals surface area contributed by atoms with Crippen LogP contribution in [0.15, 0.2) is 22.7 Å². The van der Waals surface area contributed by atoms with E-state index in [4.69, 9.17) is 5.26 Å². The van der Waals surface area contributed by atoms with Gasteiger partial charge in [-0.1, -0.05) is 22.9 Å². The first kappa shape index (κ1) is 14.2. The minimum atomic E-state index is -0.818. The van der Waals surface area contributed by atoms with Crippen molar-refractivity contribution in [1.29, 1.82) is 5.26 Å². The van der Waals surface area contributed by atoms with Crippen LogP contribution in [0.25, 0.3) is 0 Å². The lowest BCUT2D eigenvalue weighted by Gasteiger charge is -2.09. The molecule has 0 unspecified atom stereocenters. The van der Waals surface area contributed by atoms with Crippen LogP contribution in [-0.2, 0) is 16.0 Å². The maximum Gasteiger partial charge on any atom is 0.313 e. The van der Waals surface area contributed by atoms with Gasteiger partial charge in [-0.2, -0.15) is 5.26 Å². The molecular weight excluding hydrogens is 298 g/mol. The van der Waals surface area contributed by atoms with E-state index in [9.17, 15) is 9.59 Å². The summed E-state index contributed by atoms with van der Waals surface area (Å²) < 4.78 is 0.909. The van der Waals surface area contributed by atoms with Gasteiger partial charge in [0, 0.05) is 10.2 Å². The fraction of sp³-hybridized carbons (Fsp3) is 0.250. The Morgan fingerprint density at radius 1 is 1.39 bits per heavy atom. The predicted molar refractivity (Wildman–Crippen MR) is 70.8 cm³/mol. The number of nitriles is 1. The topological polar surface area (TPSA) is 82.0 Å². The number of rotatable bonds is 3. The van der Waals surface area contributed by atoms with Crippen LogP contribution in [0.1, 0.15) is 12.5 Å². The van der Waals surface area contributed by atoms with Crippen molar-refractivity contribution in [3.8, 4) is 6.07 Å². The fourth-order valence-electron chi connectivity index (χ4n) is 1.36. The van der Waals surface area contributed by atoms with E-state index >= 15 is 0 Å². The number of amides is 2. The molecule has 2 N–H and O–H groups in total. The van der Waals surface area contributed by atoms with Crippen LogP contribution in [0.2, 0.25) is 0 Å². The molecule has 1 aromatic carbocycles. The van der Waals surface area contributed by atoms with Crippen molar-refractivity contribution in [1.82, 2.24) is 5.32 Å². The zero-order valence-corrected chi connectivity index (χ0v) is 11.4. The smallest absolute Gasteiger partial charge is 0.313 e. The highest BCUT2D eigenvalue weighted by Crippen LogP contribution is 2.21. The molecule has 0 saturated heterocycles. The quantitative estimate of drug-likeness (QED) is 0.657. The van der Waals surface area contributed by atoms with Crippen LogP contribution in [0.5, 0.6) is 0 Å². The maximum absolute atomic E-state index is 11.5. The Hall–Kier alpha value is -1.87. The first-order chi connectivity index (χ1) is 8.58. The number of nitrogens with one attached hydrogen (secondary N) is 2. The minimum Gasteiger partial charge on any atom is -0.335 e. The minimum absolute atomic E-state index is 0.187. The van der Waals surface area contributed by atoms with Crippen molar-refractivity contribution in [2.24, 2.45) is 0 Å². The molecular formula is C12H12BrN3O2. The summed E-state index contributed by atoms with van der Waals surface area (Å²) >= 11 is 3.34. The van der Waals surface area contributed by atoms with Gasteiger partial charge in [0.2, 0.25) is 0 Å². The highest BCUT2D eigenvalue weighted by Gasteiger charge is 2.14. The van der Waals surface area contributed by atoms with E-state index in [-0.39, 0.29) is 6.54 Å². The van der Waals surface area contributed by atoms with Crippen LogP contribution >= 0.6 is 15.9 Å². The van der Waals surface area contributed by atoms with Gasteiger partial charge in [-0.05, 0) is 30.2 Å². The van der Waals surface area contributed by atoms with Crippen LogP contribution in [0.4, 0.5) is 5.69 Å². The number of aryl methyl sites for hydroxylation is 1. The summed E-state index contributed by atoms with van der Waals surface area (Å²) in [6, 6.07) is 7.11. The molecule has 0 atom stereocenters. The van der Waals surface area contributed by atoms with Gasteiger partial charge in [0.1, 0.15) is 6.54 Å². The number of carbonyl (C=O) groups is 2. The van der Waals surface area contributed by atoms with Crippen molar-refractivity contribution < 1.29 is 9.59 Å². The zero-order chi connectivity index (χ0) is 13.5. The predicted octanol–water partition coefficient (Wildman–Crippen LogP) is 1.59. The number of benzene rings is 1. The summed E-state index contributed by atoms with van der Waals surface area (Å²) in [5.74, 6) is -1.59. The van der Waals surface area contributed by atoms with Crippen LogP contribution < -0.4 is 10.6 Å². The van der Waals surface area contributed by atoms with E-state index in [1.165, 1.54) is 0 Å². The maximum atomic E-state index is 11.5. The van der Waals surface area contributed by atoms with Gasteiger partial charge in [-0.3, -0.25) is 9.59 Å². The largest absolute Gasteiger partial charge is 0.335 e. The molecule has 0 radical (unpaired) electrons. The molecule has 0 heterocycles. The molecule has 18 heavy (non-hydrogen) atoms. The Labute approximate surface area is 113 Å². The summed E-state index contributed by atoms with van der Waals surface area (Å²) in [5.41, 5.74) is 1.52. The van der Waals surface area contributed by atoms with Gasteiger partial charge in [0.25, 0.3) is 0 Å². The summed E-state index contributed by atoms with van der Waals surface area (Å²) in [6.07, 6.45) is 0.731. The Balaban J connectivity index is 2.76. The monoisotopic (exact) mass is 309 g/mol. The van der Waals surface area contributed by atoms with Crippen LogP contribution in [0.3, 0.4) is 0 Å². The SMILES string of the molecule is CCc1cc(Br)ccc1NC(=O)C(=O)NCC#N. The second-order valence-corrected chi connectivity index (χ2v) is 4.37. The number of hydrogen-bond acceptors (Lipinski definition) is 3.